The molecule has 0 bridgehead atoms. The van der Waals surface area contributed by atoms with E-state index < -0.39 is 5.97 Å². The predicted molar refractivity (Wildman–Crippen MR) is 47.8 cm³/mol. The number of carboxylic acids is 1. The van der Waals surface area contributed by atoms with Gasteiger partial charge >= 0.3 is 5.97 Å². The minimum atomic E-state index is -1.09. The van der Waals surface area contributed by atoms with E-state index in [0.717, 1.165) is 0 Å². The second kappa shape index (κ2) is 3.33. The van der Waals surface area contributed by atoms with Crippen molar-refractivity contribution < 1.29 is 15.0 Å². The normalized spacial score (nSPS) is 9.83. The van der Waals surface area contributed by atoms with E-state index in [1.807, 2.05) is 0 Å². The van der Waals surface area contributed by atoms with Gasteiger partial charge < -0.3 is 10.2 Å². The fourth-order valence-electron chi connectivity index (χ4n) is 0.689. The van der Waals surface area contributed by atoms with Crippen LogP contribution in [0.25, 0.3) is 0 Å². The molecule has 1 aromatic carbocycles. The van der Waals surface area contributed by atoms with E-state index in [1.54, 1.807) is 0 Å². The number of aromatic hydroxyl groups is 1. The number of aromatic carboxylic acids is 1. The largest absolute Gasteiger partial charge is 0.505 e. The van der Waals surface area contributed by atoms with Gasteiger partial charge in [-0.25, -0.2) is 4.79 Å². The molecule has 5 heteroatoms. The molecule has 0 aromatic heterocycles. The third kappa shape index (κ3) is 1.70. The second-order valence-electron chi connectivity index (χ2n) is 2.09. The molecule has 0 unspecified atom stereocenters. The van der Waals surface area contributed by atoms with Gasteiger partial charge in [-0.15, -0.1) is 0 Å². The Morgan fingerprint density at radius 1 is 1.50 bits per heavy atom. The van der Waals surface area contributed by atoms with Crippen molar-refractivity contribution in [3.8, 4) is 5.75 Å². The van der Waals surface area contributed by atoms with Crippen molar-refractivity contribution in [3.05, 3.63) is 27.2 Å². The van der Waals surface area contributed by atoms with Crippen molar-refractivity contribution in [2.45, 2.75) is 0 Å². The summed E-state index contributed by atoms with van der Waals surface area (Å²) in [6, 6.07) is 2.47. The molecule has 0 saturated heterocycles. The van der Waals surface area contributed by atoms with E-state index >= 15 is 0 Å². The topological polar surface area (TPSA) is 57.5 Å². The van der Waals surface area contributed by atoms with Crippen LogP contribution in [0.1, 0.15) is 10.4 Å². The minimum absolute atomic E-state index is 0.0155. The number of phenols is 1. The summed E-state index contributed by atoms with van der Waals surface area (Å²) in [5.74, 6) is -1.24. The molecule has 1 rings (SSSR count). The summed E-state index contributed by atoms with van der Waals surface area (Å²) >= 11 is 8.49. The SMILES string of the molecule is O=C(O)c1cc(Cl)c(O)c(Br)c1. The van der Waals surface area contributed by atoms with Gasteiger partial charge in [0.25, 0.3) is 0 Å². The van der Waals surface area contributed by atoms with Crippen molar-refractivity contribution in [3.63, 3.8) is 0 Å². The fraction of sp³-hybridized carbons (Fsp3) is 0. The summed E-state index contributed by atoms with van der Waals surface area (Å²) in [4.78, 5) is 10.5. The van der Waals surface area contributed by atoms with Crippen LogP contribution >= 0.6 is 27.5 Å². The zero-order valence-electron chi connectivity index (χ0n) is 5.71. The molecule has 0 spiro atoms. The number of hydrogen-bond acceptors (Lipinski definition) is 2. The van der Waals surface area contributed by atoms with Crippen molar-refractivity contribution in [2.24, 2.45) is 0 Å². The van der Waals surface area contributed by atoms with E-state index in [9.17, 15) is 4.79 Å². The van der Waals surface area contributed by atoms with Gasteiger partial charge in [-0.2, -0.15) is 0 Å². The lowest BCUT2D eigenvalue weighted by molar-refractivity contribution is 0.0697. The van der Waals surface area contributed by atoms with Crippen LogP contribution in [0.4, 0.5) is 0 Å². The maximum atomic E-state index is 10.5. The molecular weight excluding hydrogens is 247 g/mol. The number of rotatable bonds is 1. The van der Waals surface area contributed by atoms with Crippen LogP contribution in [0.5, 0.6) is 5.75 Å². The van der Waals surface area contributed by atoms with Crippen LogP contribution in [-0.4, -0.2) is 16.2 Å². The number of benzene rings is 1. The van der Waals surface area contributed by atoms with Crippen molar-refractivity contribution in [1.29, 1.82) is 0 Å². The van der Waals surface area contributed by atoms with Gasteiger partial charge in [0.1, 0.15) is 5.75 Å². The Morgan fingerprint density at radius 2 is 2.08 bits per heavy atom. The third-order valence-corrected chi connectivity index (χ3v) is 2.16. The standard InChI is InChI=1S/C7H4BrClO3/c8-4-1-3(7(11)12)2-5(9)6(4)10/h1-2,10H,(H,11,12). The molecule has 12 heavy (non-hydrogen) atoms. The summed E-state index contributed by atoms with van der Waals surface area (Å²) in [7, 11) is 0. The van der Waals surface area contributed by atoms with Gasteiger partial charge in [-0.1, -0.05) is 11.6 Å². The molecule has 2 N–H and O–H groups in total. The highest BCUT2D eigenvalue weighted by Crippen LogP contribution is 2.32. The first-order valence-corrected chi connectivity index (χ1v) is 4.10. The monoisotopic (exact) mass is 250 g/mol. The summed E-state index contributed by atoms with van der Waals surface area (Å²) in [6.07, 6.45) is 0. The Kier molecular flexibility index (Phi) is 2.59. The van der Waals surface area contributed by atoms with Gasteiger partial charge in [0.2, 0.25) is 0 Å². The average molecular weight is 251 g/mol. The van der Waals surface area contributed by atoms with Crippen molar-refractivity contribution in [1.82, 2.24) is 0 Å². The van der Waals surface area contributed by atoms with Crippen molar-refractivity contribution in [2.75, 3.05) is 0 Å². The van der Waals surface area contributed by atoms with Gasteiger partial charge in [0.05, 0.1) is 15.1 Å². The van der Waals surface area contributed by atoms with Gasteiger partial charge in [-0.3, -0.25) is 0 Å². The first-order chi connectivity index (χ1) is 5.52. The number of halogens is 2. The number of phenolic OH excluding ortho intramolecular Hbond substituents is 1. The van der Waals surface area contributed by atoms with E-state index in [0.29, 0.717) is 0 Å². The highest BCUT2D eigenvalue weighted by Gasteiger charge is 2.10. The second-order valence-corrected chi connectivity index (χ2v) is 3.36. The Labute approximate surface area is 81.7 Å². The van der Waals surface area contributed by atoms with Crippen LogP contribution in [0, 0.1) is 0 Å². The lowest BCUT2D eigenvalue weighted by Gasteiger charge is -2.01. The van der Waals surface area contributed by atoms with E-state index in [4.69, 9.17) is 21.8 Å². The minimum Gasteiger partial charge on any atom is -0.505 e. The molecule has 1 aromatic rings. The summed E-state index contributed by atoms with van der Waals surface area (Å²) in [6.45, 7) is 0. The van der Waals surface area contributed by atoms with Gasteiger partial charge in [0.15, 0.2) is 0 Å². The lowest BCUT2D eigenvalue weighted by Crippen LogP contribution is -1.95. The van der Waals surface area contributed by atoms with Gasteiger partial charge in [0, 0.05) is 0 Å². The maximum absolute atomic E-state index is 10.5. The van der Waals surface area contributed by atoms with E-state index in [2.05, 4.69) is 15.9 Å². The molecule has 0 fully saturated rings. The Balaban J connectivity index is 3.31. The predicted octanol–water partition coefficient (Wildman–Crippen LogP) is 2.51. The van der Waals surface area contributed by atoms with Gasteiger partial charge in [-0.05, 0) is 28.1 Å². The number of carboxylic acid groups (broad SMARTS) is 1. The molecule has 0 radical (unpaired) electrons. The van der Waals surface area contributed by atoms with Crippen LogP contribution < -0.4 is 0 Å². The van der Waals surface area contributed by atoms with Crippen molar-refractivity contribution >= 4 is 33.5 Å². The highest BCUT2D eigenvalue weighted by atomic mass is 79.9. The molecule has 0 atom stereocenters. The van der Waals surface area contributed by atoms with E-state index in [1.165, 1.54) is 12.1 Å². The molecule has 0 aliphatic heterocycles. The van der Waals surface area contributed by atoms with Crippen LogP contribution in [0.15, 0.2) is 16.6 Å². The Morgan fingerprint density at radius 3 is 2.50 bits per heavy atom. The lowest BCUT2D eigenvalue weighted by atomic mass is 10.2. The Hall–Kier alpha value is -0.740. The average Bonchev–Trinajstić information content (AvgIpc) is 1.99. The smallest absolute Gasteiger partial charge is 0.335 e. The van der Waals surface area contributed by atoms with Crippen LogP contribution in [-0.2, 0) is 0 Å². The molecule has 0 amide bonds. The van der Waals surface area contributed by atoms with Crippen LogP contribution in [0.3, 0.4) is 0 Å². The van der Waals surface area contributed by atoms with E-state index in [-0.39, 0.29) is 20.8 Å². The molecule has 3 nitrogen and oxygen atoms in total. The maximum Gasteiger partial charge on any atom is 0.335 e. The fourth-order valence-corrected chi connectivity index (χ4v) is 1.48. The molecular formula is C7H4BrClO3. The highest BCUT2D eigenvalue weighted by molar-refractivity contribution is 9.10. The zero-order chi connectivity index (χ0) is 9.30. The molecule has 0 heterocycles. The molecule has 0 aliphatic carbocycles. The molecule has 0 aliphatic rings. The number of hydrogen-bond donors (Lipinski definition) is 2. The first kappa shape index (κ1) is 9.35. The first-order valence-electron chi connectivity index (χ1n) is 2.93. The summed E-state index contributed by atoms with van der Waals surface area (Å²) < 4.78 is 0.271. The number of carbonyl (C=O) groups is 1. The molecule has 0 saturated carbocycles. The summed E-state index contributed by atoms with van der Waals surface area (Å²) in [5.41, 5.74) is 0.0321. The third-order valence-electron chi connectivity index (χ3n) is 1.26. The van der Waals surface area contributed by atoms with Crippen LogP contribution in [0.2, 0.25) is 5.02 Å². The molecule has 64 valence electrons. The Bertz CT molecular complexity index is 314. The quantitative estimate of drug-likeness (QED) is 0.806. The summed E-state index contributed by atoms with van der Waals surface area (Å²) in [5, 5.41) is 17.7. The zero-order valence-corrected chi connectivity index (χ0v) is 8.06.